The van der Waals surface area contributed by atoms with Crippen LogP contribution < -0.4 is 14.8 Å². The van der Waals surface area contributed by atoms with Crippen LogP contribution >= 0.6 is 0 Å². The summed E-state index contributed by atoms with van der Waals surface area (Å²) in [7, 11) is 4.35. The molecule has 1 aromatic heterocycles. The van der Waals surface area contributed by atoms with Gasteiger partial charge >= 0.3 is 5.97 Å². The van der Waals surface area contributed by atoms with Crippen LogP contribution in [0.5, 0.6) is 11.5 Å². The van der Waals surface area contributed by atoms with Crippen LogP contribution in [0, 0.1) is 6.92 Å². The van der Waals surface area contributed by atoms with Gasteiger partial charge in [-0.2, -0.15) is 0 Å². The Balaban J connectivity index is 1.95. The fraction of sp³-hybridized carbons (Fsp3) is 0.261. The Morgan fingerprint density at radius 3 is 2.39 bits per heavy atom. The van der Waals surface area contributed by atoms with Gasteiger partial charge in [0, 0.05) is 5.56 Å². The Labute approximate surface area is 180 Å². The van der Waals surface area contributed by atoms with E-state index < -0.39 is 17.9 Å². The van der Waals surface area contributed by atoms with E-state index in [-0.39, 0.29) is 6.42 Å². The number of aryl methyl sites for hydroxylation is 1. The number of benzene rings is 2. The van der Waals surface area contributed by atoms with E-state index in [0.29, 0.717) is 34.1 Å². The summed E-state index contributed by atoms with van der Waals surface area (Å²) >= 11 is 0. The van der Waals surface area contributed by atoms with Crippen molar-refractivity contribution in [3.05, 3.63) is 65.4 Å². The average molecular weight is 424 g/mol. The third kappa shape index (κ3) is 4.85. The first-order chi connectivity index (χ1) is 15.0. The van der Waals surface area contributed by atoms with Gasteiger partial charge in [-0.05, 0) is 24.6 Å². The molecule has 3 rings (SSSR count). The minimum atomic E-state index is -0.669. The molecule has 0 radical (unpaired) electrons. The zero-order valence-corrected chi connectivity index (χ0v) is 17.8. The fourth-order valence-electron chi connectivity index (χ4n) is 3.23. The molecule has 162 valence electrons. The number of methoxy groups -OCH3 is 3. The molecule has 8 nitrogen and oxygen atoms in total. The van der Waals surface area contributed by atoms with Crippen LogP contribution in [0.4, 0.5) is 0 Å². The summed E-state index contributed by atoms with van der Waals surface area (Å²) in [5.74, 6) is 0.512. The van der Waals surface area contributed by atoms with Crippen molar-refractivity contribution in [1.29, 1.82) is 0 Å². The van der Waals surface area contributed by atoms with Crippen molar-refractivity contribution >= 4 is 11.9 Å². The number of nitrogens with one attached hydrogen (secondary N) is 1. The Morgan fingerprint density at radius 1 is 1.03 bits per heavy atom. The number of hydrogen-bond acceptors (Lipinski definition) is 7. The monoisotopic (exact) mass is 424 g/mol. The number of amides is 1. The number of aromatic nitrogens is 1. The average Bonchev–Trinajstić information content (AvgIpc) is 3.19. The smallest absolute Gasteiger partial charge is 0.307 e. The van der Waals surface area contributed by atoms with Crippen molar-refractivity contribution < 1.29 is 28.3 Å². The van der Waals surface area contributed by atoms with Crippen LogP contribution in [-0.2, 0) is 9.53 Å². The molecule has 31 heavy (non-hydrogen) atoms. The second-order valence-electron chi connectivity index (χ2n) is 6.75. The third-order valence-electron chi connectivity index (χ3n) is 4.85. The number of carbonyl (C=O) groups excluding carboxylic acids is 2. The van der Waals surface area contributed by atoms with Gasteiger partial charge in [-0.3, -0.25) is 9.59 Å². The second-order valence-corrected chi connectivity index (χ2v) is 6.75. The lowest BCUT2D eigenvalue weighted by molar-refractivity contribution is -0.141. The first-order valence-corrected chi connectivity index (χ1v) is 9.59. The third-order valence-corrected chi connectivity index (χ3v) is 4.85. The Morgan fingerprint density at radius 2 is 1.74 bits per heavy atom. The molecule has 1 N–H and O–H groups in total. The minimum absolute atomic E-state index is 0.0667. The topological polar surface area (TPSA) is 99.9 Å². The molecule has 0 spiro atoms. The van der Waals surface area contributed by atoms with Crippen molar-refractivity contribution in [2.45, 2.75) is 19.4 Å². The van der Waals surface area contributed by atoms with Gasteiger partial charge in [-0.25, -0.2) is 0 Å². The molecule has 0 fully saturated rings. The maximum Gasteiger partial charge on any atom is 0.307 e. The molecule has 2 aromatic carbocycles. The molecule has 1 heterocycles. The van der Waals surface area contributed by atoms with Crippen LogP contribution in [0.15, 0.2) is 53.1 Å². The number of nitrogens with zero attached hydrogens (tertiary/aromatic N) is 1. The maximum absolute atomic E-state index is 13.2. The van der Waals surface area contributed by atoms with Gasteiger partial charge in [0.15, 0.2) is 11.5 Å². The fourth-order valence-corrected chi connectivity index (χ4v) is 3.23. The molecule has 8 heteroatoms. The van der Waals surface area contributed by atoms with Crippen molar-refractivity contribution in [2.24, 2.45) is 0 Å². The summed E-state index contributed by atoms with van der Waals surface area (Å²) in [5, 5.41) is 6.95. The summed E-state index contributed by atoms with van der Waals surface area (Å²) in [4.78, 5) is 25.3. The maximum atomic E-state index is 13.2. The second kappa shape index (κ2) is 9.80. The largest absolute Gasteiger partial charge is 0.493 e. The van der Waals surface area contributed by atoms with Crippen LogP contribution in [0.1, 0.15) is 34.1 Å². The van der Waals surface area contributed by atoms with Crippen LogP contribution in [0.2, 0.25) is 0 Å². The first-order valence-electron chi connectivity index (χ1n) is 9.59. The van der Waals surface area contributed by atoms with Gasteiger partial charge in [0.25, 0.3) is 5.91 Å². The Kier molecular flexibility index (Phi) is 6.92. The molecule has 0 aliphatic heterocycles. The zero-order chi connectivity index (χ0) is 22.4. The number of carbonyl (C=O) groups is 2. The molecule has 0 saturated heterocycles. The molecular weight excluding hydrogens is 400 g/mol. The van der Waals surface area contributed by atoms with Crippen molar-refractivity contribution in [2.75, 3.05) is 21.3 Å². The predicted molar refractivity (Wildman–Crippen MR) is 113 cm³/mol. The highest BCUT2D eigenvalue weighted by Gasteiger charge is 2.26. The van der Waals surface area contributed by atoms with Crippen molar-refractivity contribution in [1.82, 2.24) is 10.5 Å². The van der Waals surface area contributed by atoms with Gasteiger partial charge in [-0.1, -0.05) is 41.6 Å². The van der Waals surface area contributed by atoms with Gasteiger partial charge in [-0.15, -0.1) is 0 Å². The van der Waals surface area contributed by atoms with E-state index in [9.17, 15) is 9.59 Å². The van der Waals surface area contributed by atoms with Crippen LogP contribution in [0.25, 0.3) is 11.3 Å². The molecule has 1 atom stereocenters. The van der Waals surface area contributed by atoms with E-state index in [4.69, 9.17) is 18.7 Å². The molecule has 0 bridgehead atoms. The first kappa shape index (κ1) is 21.9. The van der Waals surface area contributed by atoms with E-state index in [1.165, 1.54) is 21.3 Å². The van der Waals surface area contributed by atoms with E-state index in [1.807, 2.05) is 30.3 Å². The molecule has 3 aromatic rings. The molecule has 0 aliphatic rings. The molecule has 0 unspecified atom stereocenters. The Hall–Kier alpha value is -3.81. The summed E-state index contributed by atoms with van der Waals surface area (Å²) in [6.07, 6.45) is -0.0667. The minimum Gasteiger partial charge on any atom is -0.493 e. The zero-order valence-electron chi connectivity index (χ0n) is 17.8. The van der Waals surface area contributed by atoms with E-state index in [1.54, 1.807) is 25.1 Å². The lowest BCUT2D eigenvalue weighted by Crippen LogP contribution is -2.31. The van der Waals surface area contributed by atoms with Crippen molar-refractivity contribution in [3.63, 3.8) is 0 Å². The van der Waals surface area contributed by atoms with Gasteiger partial charge in [0.2, 0.25) is 0 Å². The van der Waals surface area contributed by atoms with E-state index in [2.05, 4.69) is 10.5 Å². The van der Waals surface area contributed by atoms with Crippen LogP contribution in [0.3, 0.4) is 0 Å². The van der Waals surface area contributed by atoms with E-state index in [0.717, 1.165) is 5.56 Å². The Bertz CT molecular complexity index is 1060. The molecule has 0 saturated carbocycles. The number of ether oxygens (including phenoxy) is 3. The summed E-state index contributed by atoms with van der Waals surface area (Å²) < 4.78 is 20.7. The number of hydrogen-bond donors (Lipinski definition) is 1. The molecule has 1 amide bonds. The SMILES string of the molecule is COC(=O)C[C@H](NC(=O)c1c(-c2ccccc2)noc1C)c1ccc(OC)c(OC)c1. The highest BCUT2D eigenvalue weighted by molar-refractivity contribution is 6.01. The highest BCUT2D eigenvalue weighted by Crippen LogP contribution is 2.32. The summed E-state index contributed by atoms with van der Waals surface area (Å²) in [6.45, 7) is 1.67. The summed E-state index contributed by atoms with van der Waals surface area (Å²) in [6, 6.07) is 13.8. The molecule has 0 aliphatic carbocycles. The van der Waals surface area contributed by atoms with Crippen LogP contribution in [-0.4, -0.2) is 38.4 Å². The predicted octanol–water partition coefficient (Wildman–Crippen LogP) is 3.70. The lowest BCUT2D eigenvalue weighted by atomic mass is 10.0. The molecular formula is C23H24N2O6. The number of esters is 1. The van der Waals surface area contributed by atoms with Gasteiger partial charge < -0.3 is 24.1 Å². The van der Waals surface area contributed by atoms with E-state index >= 15 is 0 Å². The standard InChI is InChI=1S/C23H24N2O6/c1-14-21(22(25-31-14)15-8-6-5-7-9-15)23(27)24-17(13-20(26)30-4)16-10-11-18(28-2)19(12-16)29-3/h5-12,17H,13H2,1-4H3,(H,24,27)/t17-/m0/s1. The highest BCUT2D eigenvalue weighted by atomic mass is 16.5. The number of rotatable bonds is 8. The van der Waals surface area contributed by atoms with Gasteiger partial charge in [0.05, 0.1) is 33.8 Å². The van der Waals surface area contributed by atoms with Crippen molar-refractivity contribution in [3.8, 4) is 22.8 Å². The quantitative estimate of drug-likeness (QED) is 0.550. The summed E-state index contributed by atoms with van der Waals surface area (Å²) in [5.41, 5.74) is 2.15. The lowest BCUT2D eigenvalue weighted by Gasteiger charge is -2.20. The normalized spacial score (nSPS) is 11.5. The van der Waals surface area contributed by atoms with Gasteiger partial charge in [0.1, 0.15) is 17.0 Å².